The van der Waals surface area contributed by atoms with Crippen LogP contribution in [-0.4, -0.2) is 22.0 Å². The van der Waals surface area contributed by atoms with E-state index in [1.54, 1.807) is 6.07 Å². The normalized spacial score (nSPS) is 12.3. The summed E-state index contributed by atoms with van der Waals surface area (Å²) in [6.45, 7) is 5.82. The summed E-state index contributed by atoms with van der Waals surface area (Å²) in [6.07, 6.45) is 0. The molecule has 0 aliphatic carbocycles. The number of rotatable bonds is 9. The van der Waals surface area contributed by atoms with Crippen LogP contribution < -0.4 is 18.8 Å². The molecule has 0 spiro atoms. The summed E-state index contributed by atoms with van der Waals surface area (Å²) >= 11 is 0. The number of hydrogen-bond donors (Lipinski definition) is 0. The predicted molar refractivity (Wildman–Crippen MR) is 127 cm³/mol. The molecule has 0 amide bonds. The average molecular weight is 511 g/mol. The maximum absolute atomic E-state index is 13.1. The highest BCUT2D eigenvalue weighted by Crippen LogP contribution is 2.34. The van der Waals surface area contributed by atoms with Crippen molar-refractivity contribution in [2.45, 2.75) is 38.4 Å². The summed E-state index contributed by atoms with van der Waals surface area (Å²) < 4.78 is 79.5. The topological polar surface area (TPSA) is 61.8 Å². The maximum atomic E-state index is 13.1. The third-order valence-corrected chi connectivity index (χ3v) is 7.72. The minimum Gasteiger partial charge on any atom is -0.489 e. The largest absolute Gasteiger partial charge is 0.534 e. The van der Waals surface area contributed by atoms with Gasteiger partial charge in [-0.15, -0.1) is 0 Å². The first-order chi connectivity index (χ1) is 15.9. The van der Waals surface area contributed by atoms with Gasteiger partial charge in [0.25, 0.3) is 0 Å². The Morgan fingerprint density at radius 2 is 1.24 bits per heavy atom. The summed E-state index contributed by atoms with van der Waals surface area (Å²) in [4.78, 5) is 0. The molecular formula is C24H25F3O5SSi. The molecule has 3 aromatic rings. The fraction of sp³-hybridized carbons (Fsp3) is 0.250. The van der Waals surface area contributed by atoms with E-state index in [0.717, 1.165) is 11.1 Å². The van der Waals surface area contributed by atoms with E-state index in [4.69, 9.17) is 9.47 Å². The minimum absolute atomic E-state index is 0.122. The summed E-state index contributed by atoms with van der Waals surface area (Å²) in [7, 11) is -8.36. The first-order valence-electron chi connectivity index (χ1n) is 10.4. The molecular weight excluding hydrogens is 485 g/mol. The van der Waals surface area contributed by atoms with E-state index in [1.165, 1.54) is 6.07 Å². The Hall–Kier alpha value is -2.98. The summed E-state index contributed by atoms with van der Waals surface area (Å²) in [5.74, 6) is -0.0904. The lowest BCUT2D eigenvalue weighted by molar-refractivity contribution is -0.0499. The van der Waals surface area contributed by atoms with Crippen LogP contribution in [0.3, 0.4) is 0 Å². The maximum Gasteiger partial charge on any atom is 0.534 e. The number of alkyl halides is 3. The molecule has 0 saturated carbocycles. The zero-order valence-electron chi connectivity index (χ0n) is 18.9. The standard InChI is InChI=1S/C24H25F3O5SSi/c1-34(2,3)23-21(31-17-19-12-8-5-9-13-19)14-20(30-16-18-10-6-4-7-11-18)15-22(23)32-33(28,29)24(25,26)27/h4-15H,16-17H2,1-3H3. The quantitative estimate of drug-likeness (QED) is 0.213. The van der Waals surface area contributed by atoms with Gasteiger partial charge in [-0.05, 0) is 11.1 Å². The van der Waals surface area contributed by atoms with Gasteiger partial charge in [0.05, 0.1) is 8.07 Å². The molecule has 0 radical (unpaired) electrons. The van der Waals surface area contributed by atoms with Crippen molar-refractivity contribution in [2.24, 2.45) is 0 Å². The summed E-state index contributed by atoms with van der Waals surface area (Å²) in [5, 5.41) is 0.309. The SMILES string of the molecule is C[Si](C)(C)c1c(OCc2ccccc2)cc(OCc2ccccc2)cc1OS(=O)(=O)C(F)(F)F. The van der Waals surface area contributed by atoms with E-state index in [-0.39, 0.29) is 24.7 Å². The van der Waals surface area contributed by atoms with Gasteiger partial charge in [0.1, 0.15) is 30.5 Å². The van der Waals surface area contributed by atoms with Gasteiger partial charge in [-0.2, -0.15) is 21.6 Å². The molecule has 0 N–H and O–H groups in total. The number of benzene rings is 3. The lowest BCUT2D eigenvalue weighted by Crippen LogP contribution is -2.41. The Kier molecular flexibility index (Phi) is 7.62. The van der Waals surface area contributed by atoms with E-state index in [0.29, 0.717) is 5.19 Å². The van der Waals surface area contributed by atoms with Crippen molar-refractivity contribution in [1.82, 2.24) is 0 Å². The van der Waals surface area contributed by atoms with Crippen molar-refractivity contribution in [1.29, 1.82) is 0 Å². The first-order valence-corrected chi connectivity index (χ1v) is 15.3. The van der Waals surface area contributed by atoms with Crippen LogP contribution >= 0.6 is 0 Å². The van der Waals surface area contributed by atoms with E-state index in [2.05, 4.69) is 4.18 Å². The molecule has 0 heterocycles. The van der Waals surface area contributed by atoms with Gasteiger partial charge in [-0.3, -0.25) is 0 Å². The number of hydrogen-bond acceptors (Lipinski definition) is 5. The van der Waals surface area contributed by atoms with Crippen LogP contribution in [0, 0.1) is 0 Å². The molecule has 0 aliphatic rings. The molecule has 34 heavy (non-hydrogen) atoms. The molecule has 10 heteroatoms. The van der Waals surface area contributed by atoms with Gasteiger partial charge in [0, 0.05) is 17.3 Å². The van der Waals surface area contributed by atoms with Crippen molar-refractivity contribution in [3.8, 4) is 17.2 Å². The highest BCUT2D eigenvalue weighted by Gasteiger charge is 2.49. The van der Waals surface area contributed by atoms with E-state index in [1.807, 2.05) is 80.3 Å². The monoisotopic (exact) mass is 510 g/mol. The second-order valence-corrected chi connectivity index (χ2v) is 15.1. The second kappa shape index (κ2) is 10.1. The molecule has 0 unspecified atom stereocenters. The molecule has 3 rings (SSSR count). The molecule has 0 bridgehead atoms. The molecule has 3 aromatic carbocycles. The smallest absolute Gasteiger partial charge is 0.489 e. The minimum atomic E-state index is -5.89. The second-order valence-electron chi connectivity index (χ2n) is 8.58. The van der Waals surface area contributed by atoms with Crippen molar-refractivity contribution < 1.29 is 35.2 Å². The Morgan fingerprint density at radius 1 is 0.765 bits per heavy atom. The van der Waals surface area contributed by atoms with Gasteiger partial charge in [0.15, 0.2) is 0 Å². The van der Waals surface area contributed by atoms with E-state index in [9.17, 15) is 21.6 Å². The fourth-order valence-corrected chi connectivity index (χ4v) is 5.49. The van der Waals surface area contributed by atoms with Crippen LogP contribution in [0.15, 0.2) is 72.8 Å². The predicted octanol–water partition coefficient (Wildman–Crippen LogP) is 5.62. The van der Waals surface area contributed by atoms with Crippen LogP contribution in [0.2, 0.25) is 19.6 Å². The van der Waals surface area contributed by atoms with Crippen LogP contribution in [0.25, 0.3) is 0 Å². The lowest BCUT2D eigenvalue weighted by Gasteiger charge is -2.25. The molecule has 0 atom stereocenters. The number of halogens is 3. The third kappa shape index (κ3) is 6.54. The van der Waals surface area contributed by atoms with Gasteiger partial charge >= 0.3 is 15.6 Å². The highest BCUT2D eigenvalue weighted by atomic mass is 32.2. The summed E-state index contributed by atoms with van der Waals surface area (Å²) in [6, 6.07) is 21.1. The van der Waals surface area contributed by atoms with Gasteiger partial charge in [0.2, 0.25) is 0 Å². The van der Waals surface area contributed by atoms with E-state index >= 15 is 0 Å². The van der Waals surface area contributed by atoms with Crippen LogP contribution in [-0.2, 0) is 23.3 Å². The van der Waals surface area contributed by atoms with Crippen molar-refractivity contribution >= 4 is 23.4 Å². The van der Waals surface area contributed by atoms with Crippen molar-refractivity contribution in [3.05, 3.63) is 83.9 Å². The molecule has 0 fully saturated rings. The number of ether oxygens (including phenoxy) is 2. The fourth-order valence-electron chi connectivity index (χ4n) is 3.21. The Balaban J connectivity index is 2.05. The van der Waals surface area contributed by atoms with Crippen LogP contribution in [0.4, 0.5) is 13.2 Å². The molecule has 0 aromatic heterocycles. The highest BCUT2D eigenvalue weighted by molar-refractivity contribution is 7.88. The first kappa shape index (κ1) is 25.6. The van der Waals surface area contributed by atoms with Crippen molar-refractivity contribution in [3.63, 3.8) is 0 Å². The molecule has 0 aliphatic heterocycles. The van der Waals surface area contributed by atoms with Crippen LogP contribution in [0.5, 0.6) is 17.2 Å². The van der Waals surface area contributed by atoms with E-state index < -0.39 is 29.4 Å². The third-order valence-electron chi connectivity index (χ3n) is 4.76. The Labute approximate surface area is 198 Å². The Morgan fingerprint density at radius 3 is 1.71 bits per heavy atom. The molecule has 0 saturated heterocycles. The van der Waals surface area contributed by atoms with Gasteiger partial charge in [-0.25, -0.2) is 0 Å². The Bertz CT molecular complexity index is 1210. The van der Waals surface area contributed by atoms with Gasteiger partial charge in [-0.1, -0.05) is 80.3 Å². The average Bonchev–Trinajstić information content (AvgIpc) is 2.75. The zero-order chi connectivity index (χ0) is 25.0. The molecule has 5 nitrogen and oxygen atoms in total. The van der Waals surface area contributed by atoms with Gasteiger partial charge < -0.3 is 13.7 Å². The van der Waals surface area contributed by atoms with Crippen LogP contribution in [0.1, 0.15) is 11.1 Å². The molecule has 182 valence electrons. The lowest BCUT2D eigenvalue weighted by atomic mass is 10.2. The zero-order valence-corrected chi connectivity index (χ0v) is 20.7. The van der Waals surface area contributed by atoms with Crippen molar-refractivity contribution in [2.75, 3.05) is 0 Å². The summed E-state index contributed by atoms with van der Waals surface area (Å²) in [5.41, 5.74) is -3.91.